The summed E-state index contributed by atoms with van der Waals surface area (Å²) in [5.41, 5.74) is 0. The van der Waals surface area contributed by atoms with Gasteiger partial charge in [-0.1, -0.05) is 26.3 Å². The summed E-state index contributed by atoms with van der Waals surface area (Å²) >= 11 is 0. The van der Waals surface area contributed by atoms with Crippen molar-refractivity contribution < 1.29 is 4.79 Å². The van der Waals surface area contributed by atoms with Crippen LogP contribution in [0.15, 0.2) is 25.8 Å². The van der Waals surface area contributed by atoms with E-state index in [9.17, 15) is 4.79 Å². The molecule has 0 rings (SSSR count). The van der Waals surface area contributed by atoms with Crippen molar-refractivity contribution in [1.29, 1.82) is 0 Å². The van der Waals surface area contributed by atoms with E-state index in [0.717, 1.165) is 12.8 Å². The van der Waals surface area contributed by atoms with Crippen LogP contribution in [0.2, 0.25) is 0 Å². The Morgan fingerprint density at radius 2 is 1.91 bits per heavy atom. The van der Waals surface area contributed by atoms with E-state index in [0.29, 0.717) is 6.42 Å². The fourth-order valence-electron chi connectivity index (χ4n) is 0.651. The number of rotatable bonds is 5. The van der Waals surface area contributed by atoms with Crippen LogP contribution >= 0.6 is 0 Å². The average Bonchev–Trinajstić information content (AvgIpc) is 2.08. The number of hydrogen-bond acceptors (Lipinski definition) is 1. The number of carbonyl (C=O) groups is 1. The van der Waals surface area contributed by atoms with Gasteiger partial charge in [0.15, 0.2) is 5.78 Å². The second kappa shape index (κ2) is 11.9. The molecule has 0 aromatic heterocycles. The van der Waals surface area contributed by atoms with Crippen LogP contribution in [0.1, 0.15) is 32.6 Å². The van der Waals surface area contributed by atoms with E-state index < -0.39 is 0 Å². The molecule has 0 N–H and O–H groups in total. The lowest BCUT2D eigenvalue weighted by molar-refractivity contribution is -0.114. The monoisotopic (exact) mass is 154 g/mol. The van der Waals surface area contributed by atoms with Gasteiger partial charge in [0.25, 0.3) is 0 Å². The number of ketones is 1. The second-order valence-corrected chi connectivity index (χ2v) is 2.13. The van der Waals surface area contributed by atoms with Gasteiger partial charge in [-0.15, -0.1) is 13.2 Å². The van der Waals surface area contributed by atoms with Crippen molar-refractivity contribution >= 4 is 5.78 Å². The molecule has 0 aromatic rings. The molecule has 0 aliphatic rings. The summed E-state index contributed by atoms with van der Waals surface area (Å²) in [6, 6.07) is 0. The summed E-state index contributed by atoms with van der Waals surface area (Å²) in [7, 11) is 0. The molecule has 0 spiro atoms. The lowest BCUT2D eigenvalue weighted by atomic mass is 10.1. The maximum Gasteiger partial charge on any atom is 0.155 e. The summed E-state index contributed by atoms with van der Waals surface area (Å²) < 4.78 is 0. The van der Waals surface area contributed by atoms with Crippen LogP contribution < -0.4 is 0 Å². The molecule has 0 aliphatic heterocycles. The summed E-state index contributed by atoms with van der Waals surface area (Å²) in [5, 5.41) is 0. The first kappa shape index (κ1) is 12.8. The molecule has 64 valence electrons. The Balaban J connectivity index is 0. The van der Waals surface area contributed by atoms with Crippen LogP contribution in [0.5, 0.6) is 0 Å². The van der Waals surface area contributed by atoms with Gasteiger partial charge in [-0.2, -0.15) is 0 Å². The predicted octanol–water partition coefficient (Wildman–Crippen LogP) is 3.12. The normalized spacial score (nSPS) is 7.73. The zero-order valence-corrected chi connectivity index (χ0v) is 7.44. The molecule has 0 amide bonds. The molecule has 0 saturated heterocycles. The number of carbonyl (C=O) groups excluding carboxylic acids is 1. The summed E-state index contributed by atoms with van der Waals surface area (Å²) in [6.07, 6.45) is 5.42. The van der Waals surface area contributed by atoms with Gasteiger partial charge in [0, 0.05) is 6.42 Å². The Labute approximate surface area is 69.8 Å². The molecule has 1 heteroatoms. The summed E-state index contributed by atoms with van der Waals surface area (Å²) in [5.74, 6) is 0.170. The largest absolute Gasteiger partial charge is 0.295 e. The van der Waals surface area contributed by atoms with E-state index in [4.69, 9.17) is 0 Å². The molecule has 0 heterocycles. The van der Waals surface area contributed by atoms with Crippen LogP contribution in [0.4, 0.5) is 0 Å². The third-order valence-electron chi connectivity index (χ3n) is 1.25. The van der Waals surface area contributed by atoms with Crippen LogP contribution in [-0.2, 0) is 4.79 Å². The minimum Gasteiger partial charge on any atom is -0.295 e. The van der Waals surface area contributed by atoms with E-state index in [1.807, 2.05) is 0 Å². The smallest absolute Gasteiger partial charge is 0.155 e. The number of unbranched alkanes of at least 4 members (excludes halogenated alkanes) is 2. The minimum atomic E-state index is 0.170. The second-order valence-electron chi connectivity index (χ2n) is 2.13. The molecular formula is C10H18O. The van der Waals surface area contributed by atoms with Gasteiger partial charge in [0.2, 0.25) is 0 Å². The fourth-order valence-corrected chi connectivity index (χ4v) is 0.651. The zero-order chi connectivity index (χ0) is 9.11. The maximum absolute atomic E-state index is 10.6. The molecule has 0 aromatic carbocycles. The van der Waals surface area contributed by atoms with Crippen molar-refractivity contribution in [3.05, 3.63) is 25.8 Å². The van der Waals surface area contributed by atoms with Crippen molar-refractivity contribution in [3.63, 3.8) is 0 Å². The van der Waals surface area contributed by atoms with Crippen LogP contribution in [0.3, 0.4) is 0 Å². The first-order chi connectivity index (χ1) is 5.31. The Morgan fingerprint density at radius 3 is 2.27 bits per heavy atom. The molecule has 1 nitrogen and oxygen atoms in total. The zero-order valence-electron chi connectivity index (χ0n) is 7.44. The molecule has 0 fully saturated rings. The quantitative estimate of drug-likeness (QED) is 0.338. The van der Waals surface area contributed by atoms with Crippen molar-refractivity contribution in [2.24, 2.45) is 0 Å². The van der Waals surface area contributed by atoms with E-state index in [1.165, 1.54) is 12.5 Å². The first-order valence-electron chi connectivity index (χ1n) is 3.96. The van der Waals surface area contributed by atoms with Gasteiger partial charge in [-0.25, -0.2) is 0 Å². The fraction of sp³-hybridized carbons (Fsp3) is 0.500. The summed E-state index contributed by atoms with van der Waals surface area (Å²) in [4.78, 5) is 10.6. The lowest BCUT2D eigenvalue weighted by Crippen LogP contribution is -1.90. The molecule has 0 atom stereocenters. The highest BCUT2D eigenvalue weighted by molar-refractivity contribution is 5.88. The van der Waals surface area contributed by atoms with E-state index in [-0.39, 0.29) is 5.78 Å². The Kier molecular flexibility index (Phi) is 13.8. The van der Waals surface area contributed by atoms with Crippen molar-refractivity contribution in [1.82, 2.24) is 0 Å². The highest BCUT2D eigenvalue weighted by Gasteiger charge is 1.92. The SMILES string of the molecule is C=C.C=CC(=O)CCCCC. The maximum atomic E-state index is 10.6. The highest BCUT2D eigenvalue weighted by Crippen LogP contribution is 1.99. The van der Waals surface area contributed by atoms with Gasteiger partial charge in [0.05, 0.1) is 0 Å². The Hall–Kier alpha value is -0.850. The molecule has 0 bridgehead atoms. The highest BCUT2D eigenvalue weighted by atomic mass is 16.1. The van der Waals surface area contributed by atoms with Crippen molar-refractivity contribution in [2.45, 2.75) is 32.6 Å². The van der Waals surface area contributed by atoms with Crippen molar-refractivity contribution in [2.75, 3.05) is 0 Å². The molecular weight excluding hydrogens is 136 g/mol. The van der Waals surface area contributed by atoms with Gasteiger partial charge < -0.3 is 0 Å². The third-order valence-corrected chi connectivity index (χ3v) is 1.25. The molecule has 0 radical (unpaired) electrons. The molecule has 0 aliphatic carbocycles. The van der Waals surface area contributed by atoms with Crippen molar-refractivity contribution in [3.8, 4) is 0 Å². The van der Waals surface area contributed by atoms with Gasteiger partial charge in [-0.05, 0) is 12.5 Å². The Bertz CT molecular complexity index is 105. The van der Waals surface area contributed by atoms with Gasteiger partial charge >= 0.3 is 0 Å². The Morgan fingerprint density at radius 1 is 1.36 bits per heavy atom. The average molecular weight is 154 g/mol. The molecule has 0 saturated carbocycles. The molecule has 11 heavy (non-hydrogen) atoms. The third kappa shape index (κ3) is 12.4. The van der Waals surface area contributed by atoms with Crippen LogP contribution in [-0.4, -0.2) is 5.78 Å². The predicted molar refractivity (Wildman–Crippen MR) is 50.6 cm³/mol. The minimum absolute atomic E-state index is 0.170. The molecule has 0 unspecified atom stereocenters. The van der Waals surface area contributed by atoms with E-state index in [1.54, 1.807) is 0 Å². The number of allylic oxidation sites excluding steroid dienone is 1. The van der Waals surface area contributed by atoms with E-state index in [2.05, 4.69) is 26.7 Å². The summed E-state index contributed by atoms with van der Waals surface area (Å²) in [6.45, 7) is 11.5. The van der Waals surface area contributed by atoms with Crippen LogP contribution in [0, 0.1) is 0 Å². The number of hydrogen-bond donors (Lipinski definition) is 0. The van der Waals surface area contributed by atoms with Gasteiger partial charge in [0.1, 0.15) is 0 Å². The van der Waals surface area contributed by atoms with Gasteiger partial charge in [-0.3, -0.25) is 4.79 Å². The van der Waals surface area contributed by atoms with E-state index >= 15 is 0 Å². The standard InChI is InChI=1S/C8H14O.C2H4/c1-3-5-6-7-8(9)4-2;1-2/h4H,2-3,5-7H2,1H3;1-2H2. The topological polar surface area (TPSA) is 17.1 Å². The lowest BCUT2D eigenvalue weighted by Gasteiger charge is -1.91. The first-order valence-corrected chi connectivity index (χ1v) is 3.96. The van der Waals surface area contributed by atoms with Crippen LogP contribution in [0.25, 0.3) is 0 Å².